The Morgan fingerprint density at radius 2 is 1.52 bits per heavy atom. The molecular weight excluding hydrogens is 356 g/mol. The molecule has 0 spiro atoms. The molecule has 6 rings (SSSR count). The van der Waals surface area contributed by atoms with Crippen molar-refractivity contribution in [3.05, 3.63) is 96.7 Å². The molecule has 0 aliphatic heterocycles. The Hall–Kier alpha value is -3.92. The van der Waals surface area contributed by atoms with E-state index in [0.717, 1.165) is 44.8 Å². The summed E-state index contributed by atoms with van der Waals surface area (Å²) in [5, 5.41) is 0. The molecule has 0 N–H and O–H groups in total. The van der Waals surface area contributed by atoms with Gasteiger partial charge in [0.25, 0.3) is 0 Å². The van der Waals surface area contributed by atoms with Crippen LogP contribution in [0, 0.1) is 6.92 Å². The predicted octanol–water partition coefficient (Wildman–Crippen LogP) is 5.80. The largest absolute Gasteiger partial charge is 0.276 e. The van der Waals surface area contributed by atoms with Crippen molar-refractivity contribution in [2.75, 3.05) is 0 Å². The summed E-state index contributed by atoms with van der Waals surface area (Å²) in [6.07, 6.45) is 1.94. The topological polar surface area (TPSA) is 35.1 Å². The van der Waals surface area contributed by atoms with Gasteiger partial charge in [-0.15, -0.1) is 0 Å². The number of aryl methyl sites for hydroxylation is 1. The maximum Gasteiger partial charge on any atom is 0.220 e. The summed E-state index contributed by atoms with van der Waals surface area (Å²) >= 11 is 0. The quantitative estimate of drug-likeness (QED) is 0.384. The monoisotopic (exact) mass is 374 g/mol. The van der Waals surface area contributed by atoms with Crippen LogP contribution in [-0.2, 0) is 0 Å². The molecule has 4 nitrogen and oxygen atoms in total. The van der Waals surface area contributed by atoms with Gasteiger partial charge < -0.3 is 0 Å². The second kappa shape index (κ2) is 6.04. The summed E-state index contributed by atoms with van der Waals surface area (Å²) in [6.45, 7) is 2.15. The van der Waals surface area contributed by atoms with Gasteiger partial charge in [-0.1, -0.05) is 54.6 Å². The highest BCUT2D eigenvalue weighted by Crippen LogP contribution is 2.31. The predicted molar refractivity (Wildman–Crippen MR) is 117 cm³/mol. The van der Waals surface area contributed by atoms with Crippen LogP contribution in [0.2, 0.25) is 0 Å². The maximum absolute atomic E-state index is 4.95. The molecule has 0 aliphatic rings. The second-order valence-electron chi connectivity index (χ2n) is 7.28. The number of aromatic nitrogens is 4. The van der Waals surface area contributed by atoms with Crippen molar-refractivity contribution in [1.29, 1.82) is 0 Å². The fraction of sp³-hybridized carbons (Fsp3) is 0.0400. The first-order chi connectivity index (χ1) is 14.3. The number of hydrogen-bond acceptors (Lipinski definition) is 2. The number of hydrogen-bond donors (Lipinski definition) is 0. The average Bonchev–Trinajstić information content (AvgIpc) is 3.30. The lowest BCUT2D eigenvalue weighted by molar-refractivity contribution is 1.08. The van der Waals surface area contributed by atoms with Gasteiger partial charge in [0.1, 0.15) is 0 Å². The highest BCUT2D eigenvalue weighted by atomic mass is 15.2. The van der Waals surface area contributed by atoms with E-state index in [1.165, 1.54) is 5.56 Å². The molecule has 0 aliphatic carbocycles. The molecule has 0 unspecified atom stereocenters. The lowest BCUT2D eigenvalue weighted by Gasteiger charge is -2.08. The van der Waals surface area contributed by atoms with Gasteiger partial charge >= 0.3 is 0 Å². The van der Waals surface area contributed by atoms with Crippen molar-refractivity contribution in [1.82, 2.24) is 18.9 Å². The van der Waals surface area contributed by atoms with Crippen LogP contribution in [0.1, 0.15) is 5.56 Å². The Balaban J connectivity index is 1.66. The smallest absolute Gasteiger partial charge is 0.220 e. The first kappa shape index (κ1) is 16.1. The lowest BCUT2D eigenvalue weighted by Crippen LogP contribution is -1.97. The van der Waals surface area contributed by atoms with Gasteiger partial charge in [0.2, 0.25) is 5.78 Å². The molecule has 138 valence electrons. The summed E-state index contributed by atoms with van der Waals surface area (Å²) in [4.78, 5) is 9.69. The normalized spacial score (nSPS) is 11.6. The van der Waals surface area contributed by atoms with Gasteiger partial charge in [-0.25, -0.2) is 4.98 Å². The van der Waals surface area contributed by atoms with Crippen LogP contribution in [-0.4, -0.2) is 18.9 Å². The van der Waals surface area contributed by atoms with E-state index in [1.807, 2.05) is 30.5 Å². The minimum absolute atomic E-state index is 0.907. The van der Waals surface area contributed by atoms with Crippen molar-refractivity contribution < 1.29 is 0 Å². The SMILES string of the molecule is Cc1cccc2c1n(-c1ccc(-c3ccccc3)nc1)c1nc3ccccc3n21. The zero-order valence-electron chi connectivity index (χ0n) is 15.9. The van der Waals surface area contributed by atoms with Gasteiger partial charge in [0.15, 0.2) is 0 Å². The van der Waals surface area contributed by atoms with Crippen molar-refractivity contribution in [3.8, 4) is 16.9 Å². The van der Waals surface area contributed by atoms with Crippen molar-refractivity contribution >= 4 is 27.8 Å². The first-order valence-corrected chi connectivity index (χ1v) is 9.70. The Morgan fingerprint density at radius 1 is 0.724 bits per heavy atom. The van der Waals surface area contributed by atoms with Crippen molar-refractivity contribution in [2.45, 2.75) is 6.92 Å². The van der Waals surface area contributed by atoms with E-state index >= 15 is 0 Å². The zero-order valence-corrected chi connectivity index (χ0v) is 15.9. The third-order valence-electron chi connectivity index (χ3n) is 5.50. The molecular formula is C25H18N4. The molecule has 29 heavy (non-hydrogen) atoms. The number of pyridine rings is 1. The summed E-state index contributed by atoms with van der Waals surface area (Å²) in [5.74, 6) is 0.907. The molecule has 0 amide bonds. The van der Waals surface area contributed by atoms with Crippen LogP contribution in [0.15, 0.2) is 91.1 Å². The number of benzene rings is 3. The summed E-state index contributed by atoms with van der Waals surface area (Å²) in [6, 6.07) is 29.1. The van der Waals surface area contributed by atoms with Crippen molar-refractivity contribution in [2.24, 2.45) is 0 Å². The second-order valence-corrected chi connectivity index (χ2v) is 7.28. The van der Waals surface area contributed by atoms with E-state index in [2.05, 4.69) is 76.6 Å². The highest BCUT2D eigenvalue weighted by molar-refractivity contribution is 5.93. The van der Waals surface area contributed by atoms with Gasteiger partial charge in [0.05, 0.1) is 39.6 Å². The van der Waals surface area contributed by atoms with E-state index < -0.39 is 0 Å². The van der Waals surface area contributed by atoms with Crippen molar-refractivity contribution in [3.63, 3.8) is 0 Å². The molecule has 3 aromatic heterocycles. The molecule has 0 fully saturated rings. The Labute approximate surface area is 167 Å². The minimum atomic E-state index is 0.907. The van der Waals surface area contributed by atoms with E-state index in [4.69, 9.17) is 9.97 Å². The number of imidazole rings is 2. The van der Waals surface area contributed by atoms with Crippen LogP contribution in [0.3, 0.4) is 0 Å². The Kier molecular flexibility index (Phi) is 3.35. The van der Waals surface area contributed by atoms with E-state index in [0.29, 0.717) is 0 Å². The summed E-state index contributed by atoms with van der Waals surface area (Å²) < 4.78 is 4.45. The molecule has 0 radical (unpaired) electrons. The standard InChI is InChI=1S/C25H18N4/c1-17-8-7-13-23-24(17)28(25-27-21-11-5-6-12-22(21)29(23)25)19-14-15-20(26-16-19)18-9-3-2-4-10-18/h2-16H,1H3. The minimum Gasteiger partial charge on any atom is -0.276 e. The van der Waals surface area contributed by atoms with E-state index in [9.17, 15) is 0 Å². The third kappa shape index (κ3) is 2.32. The number of fused-ring (bicyclic) bond motifs is 5. The molecule has 3 heterocycles. The van der Waals surface area contributed by atoms with Crippen LogP contribution >= 0.6 is 0 Å². The first-order valence-electron chi connectivity index (χ1n) is 9.70. The molecule has 4 heteroatoms. The van der Waals surface area contributed by atoms with Gasteiger partial charge in [0, 0.05) is 5.56 Å². The lowest BCUT2D eigenvalue weighted by atomic mass is 10.1. The Morgan fingerprint density at radius 3 is 2.34 bits per heavy atom. The number of para-hydroxylation sites is 3. The average molecular weight is 374 g/mol. The van der Waals surface area contributed by atoms with Crippen LogP contribution in [0.25, 0.3) is 44.8 Å². The van der Waals surface area contributed by atoms with Crippen LogP contribution in [0.4, 0.5) is 0 Å². The molecule has 0 bridgehead atoms. The molecule has 0 saturated carbocycles. The highest BCUT2D eigenvalue weighted by Gasteiger charge is 2.18. The molecule has 0 atom stereocenters. The zero-order chi connectivity index (χ0) is 19.4. The summed E-state index contributed by atoms with van der Waals surface area (Å²) in [7, 11) is 0. The third-order valence-corrected chi connectivity index (χ3v) is 5.50. The molecule has 6 aromatic rings. The Bertz CT molecular complexity index is 1490. The van der Waals surface area contributed by atoms with E-state index in [1.54, 1.807) is 0 Å². The van der Waals surface area contributed by atoms with E-state index in [-0.39, 0.29) is 0 Å². The number of rotatable bonds is 2. The van der Waals surface area contributed by atoms with Gasteiger partial charge in [-0.05, 0) is 42.8 Å². The molecule has 0 saturated heterocycles. The fourth-order valence-electron chi connectivity index (χ4n) is 4.16. The van der Waals surface area contributed by atoms with Gasteiger partial charge in [-0.2, -0.15) is 0 Å². The summed E-state index contributed by atoms with van der Waals surface area (Å²) in [5.41, 5.74) is 8.73. The van der Waals surface area contributed by atoms with Gasteiger partial charge in [-0.3, -0.25) is 14.0 Å². The number of nitrogens with zero attached hydrogens (tertiary/aromatic N) is 4. The maximum atomic E-state index is 4.95. The fourth-order valence-corrected chi connectivity index (χ4v) is 4.16. The molecule has 3 aromatic carbocycles. The van der Waals surface area contributed by atoms with Crippen LogP contribution in [0.5, 0.6) is 0 Å². The van der Waals surface area contributed by atoms with Crippen LogP contribution < -0.4 is 0 Å².